The zero-order valence-corrected chi connectivity index (χ0v) is 16.9. The number of nitrogens with one attached hydrogen (secondary N) is 2. The minimum absolute atomic E-state index is 0.0858. The number of benzene rings is 1. The van der Waals surface area contributed by atoms with E-state index in [1.807, 2.05) is 0 Å². The Hall–Kier alpha value is -2.52. The molecule has 3 rings (SSSR count). The highest BCUT2D eigenvalue weighted by molar-refractivity contribution is 7.80. The van der Waals surface area contributed by atoms with Crippen LogP contribution in [0.3, 0.4) is 0 Å². The van der Waals surface area contributed by atoms with E-state index in [0.717, 1.165) is 18.2 Å². The van der Waals surface area contributed by atoms with Crippen molar-refractivity contribution in [1.29, 1.82) is 0 Å². The van der Waals surface area contributed by atoms with E-state index in [4.69, 9.17) is 33.0 Å². The quantitative estimate of drug-likeness (QED) is 0.512. The van der Waals surface area contributed by atoms with Crippen molar-refractivity contribution < 1.29 is 27.1 Å². The summed E-state index contributed by atoms with van der Waals surface area (Å²) in [6.45, 7) is 3.52. The van der Waals surface area contributed by atoms with Gasteiger partial charge in [0.25, 0.3) is 0 Å². The van der Waals surface area contributed by atoms with Gasteiger partial charge in [-0.3, -0.25) is 0 Å². The van der Waals surface area contributed by atoms with Crippen molar-refractivity contribution in [2.24, 2.45) is 0 Å². The number of ether oxygens (including phenoxy) is 1. The largest absolute Gasteiger partial charge is 0.463 e. The minimum atomic E-state index is -4.52. The molecule has 2 N–H and O–H groups in total. The van der Waals surface area contributed by atoms with Gasteiger partial charge in [0.1, 0.15) is 17.6 Å². The molecular weight excluding hydrogens is 429 g/mol. The van der Waals surface area contributed by atoms with Gasteiger partial charge in [-0.2, -0.15) is 13.2 Å². The summed E-state index contributed by atoms with van der Waals surface area (Å²) in [6.07, 6.45) is -4.52. The maximum Gasteiger partial charge on any atom is 0.416 e. The van der Waals surface area contributed by atoms with Crippen LogP contribution in [0.15, 0.2) is 46.0 Å². The number of allylic oxidation sites excluding steroid dienone is 1. The second-order valence-electron chi connectivity index (χ2n) is 6.19. The number of rotatable bonds is 4. The molecule has 1 aliphatic rings. The Morgan fingerprint density at radius 1 is 1.31 bits per heavy atom. The molecule has 0 amide bonds. The fourth-order valence-electron chi connectivity index (χ4n) is 2.93. The molecule has 1 aliphatic heterocycles. The van der Waals surface area contributed by atoms with Crippen LogP contribution in [0.4, 0.5) is 13.2 Å². The maximum atomic E-state index is 13.0. The predicted molar refractivity (Wildman–Crippen MR) is 105 cm³/mol. The molecule has 10 heteroatoms. The fourth-order valence-corrected chi connectivity index (χ4v) is 3.41. The van der Waals surface area contributed by atoms with Crippen LogP contribution < -0.4 is 10.6 Å². The normalized spacial score (nSPS) is 17.0. The number of hydrogen-bond donors (Lipinski definition) is 2. The van der Waals surface area contributed by atoms with Crippen molar-refractivity contribution in [1.82, 2.24) is 10.6 Å². The summed E-state index contributed by atoms with van der Waals surface area (Å²) < 4.78 is 50.0. The second-order valence-corrected chi connectivity index (χ2v) is 7.00. The molecular formula is C19H16ClF3N2O3S. The highest BCUT2D eigenvalue weighted by Crippen LogP contribution is 2.38. The van der Waals surface area contributed by atoms with Crippen molar-refractivity contribution in [3.8, 4) is 11.3 Å². The van der Waals surface area contributed by atoms with E-state index in [1.54, 1.807) is 19.9 Å². The molecule has 0 fully saturated rings. The van der Waals surface area contributed by atoms with E-state index in [-0.39, 0.29) is 39.4 Å². The van der Waals surface area contributed by atoms with Crippen LogP contribution in [0, 0.1) is 0 Å². The highest BCUT2D eigenvalue weighted by Gasteiger charge is 2.34. The summed E-state index contributed by atoms with van der Waals surface area (Å²) in [5.74, 6) is -0.157. The first-order valence-corrected chi connectivity index (χ1v) is 9.32. The van der Waals surface area contributed by atoms with Gasteiger partial charge in [0.2, 0.25) is 0 Å². The fraction of sp³-hybridized carbons (Fsp3) is 0.263. The first-order valence-electron chi connectivity index (χ1n) is 8.54. The Morgan fingerprint density at radius 2 is 2.03 bits per heavy atom. The number of thiocarbonyl (C=S) groups is 1. The van der Waals surface area contributed by atoms with Gasteiger partial charge in [-0.25, -0.2) is 4.79 Å². The lowest BCUT2D eigenvalue weighted by molar-refractivity contribution is -0.139. The lowest BCUT2D eigenvalue weighted by atomic mass is 10.0. The van der Waals surface area contributed by atoms with Crippen LogP contribution in [-0.2, 0) is 15.7 Å². The second kappa shape index (κ2) is 8.08. The van der Waals surface area contributed by atoms with Gasteiger partial charge in [0, 0.05) is 11.3 Å². The maximum absolute atomic E-state index is 13.0. The Balaban J connectivity index is 2.02. The van der Waals surface area contributed by atoms with Crippen molar-refractivity contribution in [2.45, 2.75) is 26.1 Å². The third-order valence-electron chi connectivity index (χ3n) is 4.23. The number of alkyl halides is 3. The standard InChI is InChI=1S/C19H16ClF3N2O3S/c1-3-27-17(26)15-9(2)24-18(29)25-16(15)14-7-6-13(28-14)11-8-10(19(21,22)23)4-5-12(11)20/h4-8,16H,3H2,1-2H3,(H2,24,25,29). The smallest absolute Gasteiger partial charge is 0.416 e. The molecule has 2 heterocycles. The van der Waals surface area contributed by atoms with E-state index in [9.17, 15) is 18.0 Å². The predicted octanol–water partition coefficient (Wildman–Crippen LogP) is 4.97. The minimum Gasteiger partial charge on any atom is -0.463 e. The number of esters is 1. The van der Waals surface area contributed by atoms with Crippen LogP contribution in [0.1, 0.15) is 31.2 Å². The molecule has 0 saturated carbocycles. The van der Waals surface area contributed by atoms with Gasteiger partial charge in [0.15, 0.2) is 5.11 Å². The Bertz CT molecular complexity index is 1000. The molecule has 1 atom stereocenters. The van der Waals surface area contributed by atoms with Gasteiger partial charge in [-0.15, -0.1) is 0 Å². The molecule has 0 radical (unpaired) electrons. The van der Waals surface area contributed by atoms with E-state index in [0.29, 0.717) is 5.70 Å². The number of hydrogen-bond acceptors (Lipinski definition) is 4. The Labute approximate surface area is 174 Å². The lowest BCUT2D eigenvalue weighted by Crippen LogP contribution is -2.45. The van der Waals surface area contributed by atoms with Gasteiger partial charge in [-0.1, -0.05) is 11.6 Å². The van der Waals surface area contributed by atoms with Crippen LogP contribution in [0.5, 0.6) is 0 Å². The average molecular weight is 445 g/mol. The summed E-state index contributed by atoms with van der Waals surface area (Å²) in [6, 6.07) is 5.24. The van der Waals surface area contributed by atoms with Crippen LogP contribution >= 0.6 is 23.8 Å². The van der Waals surface area contributed by atoms with Crippen molar-refractivity contribution in [3.05, 3.63) is 57.9 Å². The molecule has 0 saturated heterocycles. The van der Waals surface area contributed by atoms with E-state index in [1.165, 1.54) is 6.07 Å². The van der Waals surface area contributed by atoms with Crippen LogP contribution in [-0.4, -0.2) is 17.7 Å². The summed E-state index contributed by atoms with van der Waals surface area (Å²) in [5, 5.41) is 6.15. The molecule has 0 aliphatic carbocycles. The van der Waals surface area contributed by atoms with Gasteiger partial charge >= 0.3 is 12.1 Å². The summed E-state index contributed by atoms with van der Waals surface area (Å²) >= 11 is 11.2. The van der Waals surface area contributed by atoms with Gasteiger partial charge < -0.3 is 19.8 Å². The van der Waals surface area contributed by atoms with Crippen LogP contribution in [0.2, 0.25) is 5.02 Å². The van der Waals surface area contributed by atoms with E-state index >= 15 is 0 Å². The van der Waals surface area contributed by atoms with Gasteiger partial charge in [0.05, 0.1) is 22.8 Å². The SMILES string of the molecule is CCOC(=O)C1=C(C)NC(=S)NC1c1ccc(-c2cc(C(F)(F)F)ccc2Cl)o1. The highest BCUT2D eigenvalue weighted by atomic mass is 35.5. The number of carbonyl (C=O) groups is 1. The van der Waals surface area contributed by atoms with Crippen molar-refractivity contribution >= 4 is 34.9 Å². The molecule has 5 nitrogen and oxygen atoms in total. The molecule has 0 spiro atoms. The topological polar surface area (TPSA) is 63.5 Å². The third kappa shape index (κ3) is 4.40. The number of carbonyl (C=O) groups excluding carboxylic acids is 1. The third-order valence-corrected chi connectivity index (χ3v) is 4.78. The molecule has 0 bridgehead atoms. The van der Waals surface area contributed by atoms with Crippen molar-refractivity contribution in [3.63, 3.8) is 0 Å². The molecule has 1 unspecified atom stereocenters. The molecule has 1 aromatic heterocycles. The monoisotopic (exact) mass is 444 g/mol. The summed E-state index contributed by atoms with van der Waals surface area (Å²) in [4.78, 5) is 12.4. The lowest BCUT2D eigenvalue weighted by Gasteiger charge is -2.28. The molecule has 154 valence electrons. The molecule has 29 heavy (non-hydrogen) atoms. The van der Waals surface area contributed by atoms with Gasteiger partial charge in [-0.05, 0) is 56.4 Å². The Kier molecular flexibility index (Phi) is 5.90. The number of halogens is 4. The van der Waals surface area contributed by atoms with Crippen molar-refractivity contribution in [2.75, 3.05) is 6.61 Å². The molecule has 1 aromatic carbocycles. The summed E-state index contributed by atoms with van der Waals surface area (Å²) in [5.41, 5.74) is -0.00893. The van der Waals surface area contributed by atoms with E-state index < -0.39 is 23.8 Å². The zero-order chi connectivity index (χ0) is 21.3. The average Bonchev–Trinajstić information content (AvgIpc) is 3.10. The number of furan rings is 1. The Morgan fingerprint density at radius 3 is 2.69 bits per heavy atom. The molecule has 2 aromatic rings. The first-order chi connectivity index (χ1) is 13.6. The van der Waals surface area contributed by atoms with E-state index in [2.05, 4.69) is 10.6 Å². The first kappa shape index (κ1) is 21.2. The summed E-state index contributed by atoms with van der Waals surface area (Å²) in [7, 11) is 0. The van der Waals surface area contributed by atoms with Crippen LogP contribution in [0.25, 0.3) is 11.3 Å². The zero-order valence-electron chi connectivity index (χ0n) is 15.3.